The summed E-state index contributed by atoms with van der Waals surface area (Å²) in [4.78, 5) is 14.3. The van der Waals surface area contributed by atoms with E-state index < -0.39 is 10.2 Å². The molecule has 1 aromatic carbocycles. The first-order valence-electron chi connectivity index (χ1n) is 9.73. The lowest BCUT2D eigenvalue weighted by Crippen LogP contribution is -2.57. The summed E-state index contributed by atoms with van der Waals surface area (Å²) in [6, 6.07) is 7.67. The number of hydrogen-bond donors (Lipinski definition) is 1. The first-order chi connectivity index (χ1) is 13.2. The van der Waals surface area contributed by atoms with Gasteiger partial charge in [0.1, 0.15) is 0 Å². The third-order valence-electron chi connectivity index (χ3n) is 5.04. The number of rotatable bonds is 5. The average molecular weight is 411 g/mol. The van der Waals surface area contributed by atoms with E-state index in [1.54, 1.807) is 0 Å². The summed E-state index contributed by atoms with van der Waals surface area (Å²) in [5.41, 5.74) is 1.87. The third-order valence-corrected chi connectivity index (χ3v) is 7.01. The lowest BCUT2D eigenvalue weighted by Gasteiger charge is -2.40. The van der Waals surface area contributed by atoms with Crippen molar-refractivity contribution in [3.63, 3.8) is 0 Å². The molecule has 2 heterocycles. The van der Waals surface area contributed by atoms with E-state index in [1.807, 2.05) is 49.9 Å². The topological polar surface area (TPSA) is 82.2 Å². The lowest BCUT2D eigenvalue weighted by atomic mass is 10.2. The molecule has 3 rings (SSSR count). The number of benzene rings is 1. The van der Waals surface area contributed by atoms with Gasteiger partial charge in [-0.2, -0.15) is 17.0 Å². The normalized spacial score (nSPS) is 25.5. The number of nitrogens with one attached hydrogen (secondary N) is 1. The monoisotopic (exact) mass is 410 g/mol. The summed E-state index contributed by atoms with van der Waals surface area (Å²) in [6.07, 6.45) is -0.213. The Kier molecular flexibility index (Phi) is 6.72. The van der Waals surface area contributed by atoms with E-state index >= 15 is 0 Å². The van der Waals surface area contributed by atoms with Crippen molar-refractivity contribution < 1.29 is 17.9 Å². The van der Waals surface area contributed by atoms with Crippen molar-refractivity contribution in [3.8, 4) is 0 Å². The van der Waals surface area contributed by atoms with Crippen LogP contribution in [0.1, 0.15) is 19.4 Å². The van der Waals surface area contributed by atoms with E-state index in [0.717, 1.165) is 11.3 Å². The number of carbonyl (C=O) groups excluding carboxylic acids is 1. The predicted octanol–water partition coefficient (Wildman–Crippen LogP) is 0.905. The molecule has 2 aliphatic rings. The quantitative estimate of drug-likeness (QED) is 0.780. The highest BCUT2D eigenvalue weighted by atomic mass is 32.2. The minimum Gasteiger partial charge on any atom is -0.373 e. The van der Waals surface area contributed by atoms with Crippen LogP contribution < -0.4 is 5.32 Å². The van der Waals surface area contributed by atoms with E-state index in [9.17, 15) is 13.2 Å². The zero-order chi connectivity index (χ0) is 20.3. The molecule has 1 amide bonds. The van der Waals surface area contributed by atoms with E-state index in [0.29, 0.717) is 39.3 Å². The van der Waals surface area contributed by atoms with Crippen LogP contribution in [0.15, 0.2) is 24.3 Å². The van der Waals surface area contributed by atoms with Crippen LogP contribution in [0, 0.1) is 6.92 Å². The smallest absolute Gasteiger partial charge is 0.282 e. The van der Waals surface area contributed by atoms with Crippen molar-refractivity contribution in [1.29, 1.82) is 0 Å². The van der Waals surface area contributed by atoms with Gasteiger partial charge < -0.3 is 10.1 Å². The van der Waals surface area contributed by atoms with Crippen LogP contribution >= 0.6 is 0 Å². The lowest BCUT2D eigenvalue weighted by molar-refractivity contribution is -0.117. The van der Waals surface area contributed by atoms with Crippen molar-refractivity contribution in [2.45, 2.75) is 33.0 Å². The molecule has 0 spiro atoms. The first kappa shape index (κ1) is 21.2. The number of anilines is 1. The van der Waals surface area contributed by atoms with Crippen LogP contribution in [0.4, 0.5) is 5.69 Å². The van der Waals surface area contributed by atoms with Crippen molar-refractivity contribution in [3.05, 3.63) is 29.8 Å². The number of aryl methyl sites for hydroxylation is 1. The van der Waals surface area contributed by atoms with Crippen molar-refractivity contribution in [1.82, 2.24) is 13.5 Å². The van der Waals surface area contributed by atoms with Crippen LogP contribution in [0.2, 0.25) is 0 Å². The van der Waals surface area contributed by atoms with Crippen molar-refractivity contribution >= 4 is 21.8 Å². The molecule has 0 aliphatic carbocycles. The number of piperazine rings is 1. The fourth-order valence-electron chi connectivity index (χ4n) is 3.73. The van der Waals surface area contributed by atoms with Gasteiger partial charge in [-0.05, 0) is 38.5 Å². The number of morpholine rings is 1. The van der Waals surface area contributed by atoms with Gasteiger partial charge in [0, 0.05) is 45.0 Å². The van der Waals surface area contributed by atoms with Crippen LogP contribution in [-0.2, 0) is 19.7 Å². The molecule has 2 aliphatic heterocycles. The van der Waals surface area contributed by atoms with Crippen molar-refractivity contribution in [2.75, 3.05) is 51.1 Å². The maximum absolute atomic E-state index is 12.9. The zero-order valence-electron chi connectivity index (χ0n) is 16.8. The summed E-state index contributed by atoms with van der Waals surface area (Å²) >= 11 is 0. The largest absolute Gasteiger partial charge is 0.373 e. The molecule has 9 heteroatoms. The Morgan fingerprint density at radius 2 is 1.75 bits per heavy atom. The van der Waals surface area contributed by atoms with Crippen LogP contribution in [0.3, 0.4) is 0 Å². The van der Waals surface area contributed by atoms with Crippen LogP contribution in [0.25, 0.3) is 0 Å². The highest BCUT2D eigenvalue weighted by molar-refractivity contribution is 7.86. The highest BCUT2D eigenvalue weighted by Crippen LogP contribution is 2.19. The van der Waals surface area contributed by atoms with E-state index in [4.69, 9.17) is 4.74 Å². The van der Waals surface area contributed by atoms with Gasteiger partial charge in [0.15, 0.2) is 0 Å². The second kappa shape index (κ2) is 8.87. The summed E-state index contributed by atoms with van der Waals surface area (Å²) < 4.78 is 34.5. The number of nitrogens with zero attached hydrogens (tertiary/aromatic N) is 3. The second-order valence-electron chi connectivity index (χ2n) is 7.67. The molecule has 2 saturated heterocycles. The Balaban J connectivity index is 1.50. The molecule has 0 radical (unpaired) electrons. The summed E-state index contributed by atoms with van der Waals surface area (Å²) in [6.45, 7) is 8.63. The van der Waals surface area contributed by atoms with Gasteiger partial charge in [-0.1, -0.05) is 12.1 Å². The number of carbonyl (C=O) groups is 1. The SMILES string of the molecule is Cc1cccc(NC(=O)CN2CCN(S(=O)(=O)N3C[C@@H](C)O[C@@H](C)C3)CC2)c1. The van der Waals surface area contributed by atoms with Gasteiger partial charge in [-0.15, -0.1) is 0 Å². The van der Waals surface area contributed by atoms with Crippen LogP contribution in [0.5, 0.6) is 0 Å². The fourth-order valence-corrected chi connectivity index (χ4v) is 5.48. The number of amides is 1. The fraction of sp³-hybridized carbons (Fsp3) is 0.632. The summed E-state index contributed by atoms with van der Waals surface area (Å²) in [5, 5.41) is 2.90. The van der Waals surface area contributed by atoms with Gasteiger partial charge in [0.05, 0.1) is 18.8 Å². The molecule has 28 heavy (non-hydrogen) atoms. The molecule has 156 valence electrons. The predicted molar refractivity (Wildman–Crippen MR) is 108 cm³/mol. The molecule has 1 N–H and O–H groups in total. The number of ether oxygens (including phenoxy) is 1. The Morgan fingerprint density at radius 1 is 1.11 bits per heavy atom. The van der Waals surface area contributed by atoms with Crippen molar-refractivity contribution in [2.24, 2.45) is 0 Å². The average Bonchev–Trinajstić information content (AvgIpc) is 2.61. The van der Waals surface area contributed by atoms with E-state index in [-0.39, 0.29) is 24.7 Å². The maximum atomic E-state index is 12.9. The summed E-state index contributed by atoms with van der Waals surface area (Å²) in [5.74, 6) is -0.0854. The molecule has 2 atom stereocenters. The zero-order valence-corrected chi connectivity index (χ0v) is 17.6. The highest BCUT2D eigenvalue weighted by Gasteiger charge is 2.36. The third kappa shape index (κ3) is 5.30. The molecule has 2 fully saturated rings. The van der Waals surface area contributed by atoms with Gasteiger partial charge >= 0.3 is 0 Å². The van der Waals surface area contributed by atoms with Gasteiger partial charge in [-0.3, -0.25) is 9.69 Å². The molecule has 0 bridgehead atoms. The standard InChI is InChI=1S/C19H30N4O4S/c1-15-5-4-6-18(11-15)20-19(24)14-21-7-9-22(10-8-21)28(25,26)23-12-16(2)27-17(3)13-23/h4-6,11,16-17H,7-10,12-14H2,1-3H3,(H,20,24)/t16-,17+. The molecule has 8 nitrogen and oxygen atoms in total. The van der Waals surface area contributed by atoms with Gasteiger partial charge in [0.2, 0.25) is 5.91 Å². The molecular formula is C19H30N4O4S. The Hall–Kier alpha value is -1.52. The first-order valence-corrected chi connectivity index (χ1v) is 11.1. The van der Waals surface area contributed by atoms with E-state index in [2.05, 4.69) is 5.32 Å². The Bertz CT molecular complexity index is 783. The minimum atomic E-state index is -3.50. The minimum absolute atomic E-state index is 0.0854. The second-order valence-corrected chi connectivity index (χ2v) is 9.60. The maximum Gasteiger partial charge on any atom is 0.282 e. The Labute approximate surface area is 167 Å². The van der Waals surface area contributed by atoms with Gasteiger partial charge in [-0.25, -0.2) is 0 Å². The molecule has 0 saturated carbocycles. The van der Waals surface area contributed by atoms with Crippen LogP contribution in [-0.4, -0.2) is 85.9 Å². The van der Waals surface area contributed by atoms with Gasteiger partial charge in [0.25, 0.3) is 10.2 Å². The molecular weight excluding hydrogens is 380 g/mol. The Morgan fingerprint density at radius 3 is 2.36 bits per heavy atom. The molecule has 0 unspecified atom stereocenters. The summed E-state index contributed by atoms with van der Waals surface area (Å²) in [7, 11) is -3.50. The molecule has 1 aromatic rings. The van der Waals surface area contributed by atoms with E-state index in [1.165, 1.54) is 8.61 Å². The molecule has 0 aromatic heterocycles. The number of hydrogen-bond acceptors (Lipinski definition) is 5.